The highest BCUT2D eigenvalue weighted by molar-refractivity contribution is 6.31. The summed E-state index contributed by atoms with van der Waals surface area (Å²) in [4.78, 5) is 6.82. The van der Waals surface area contributed by atoms with Gasteiger partial charge in [-0.25, -0.2) is 0 Å². The Hall–Kier alpha value is -1.00. The van der Waals surface area contributed by atoms with E-state index in [1.807, 2.05) is 6.08 Å². The van der Waals surface area contributed by atoms with Gasteiger partial charge in [0.05, 0.1) is 0 Å². The van der Waals surface area contributed by atoms with Gasteiger partial charge in [0, 0.05) is 37.1 Å². The molecule has 1 aromatic heterocycles. The van der Waals surface area contributed by atoms with Crippen LogP contribution in [-0.4, -0.2) is 30.7 Å². The van der Waals surface area contributed by atoms with Gasteiger partial charge < -0.3 is 14.6 Å². The molecule has 1 aliphatic heterocycles. The second-order valence-electron chi connectivity index (χ2n) is 5.57. The van der Waals surface area contributed by atoms with Crippen LogP contribution >= 0.6 is 11.6 Å². The van der Waals surface area contributed by atoms with Crippen molar-refractivity contribution in [2.75, 3.05) is 24.5 Å². The number of anilines is 1. The minimum atomic E-state index is 0.334. The Morgan fingerprint density at radius 1 is 1.42 bits per heavy atom. The molecular weight excluding hydrogens is 262 g/mol. The van der Waals surface area contributed by atoms with E-state index in [9.17, 15) is 0 Å². The molecule has 0 saturated carbocycles. The predicted octanol–water partition coefficient (Wildman–Crippen LogP) is 2.63. The summed E-state index contributed by atoms with van der Waals surface area (Å²) in [7, 11) is 0. The zero-order chi connectivity index (χ0) is 13.4. The van der Waals surface area contributed by atoms with Gasteiger partial charge in [-0.1, -0.05) is 18.5 Å². The molecule has 1 aliphatic carbocycles. The van der Waals surface area contributed by atoms with Crippen LogP contribution in [0.25, 0.3) is 6.08 Å². The maximum atomic E-state index is 6.19. The van der Waals surface area contributed by atoms with E-state index in [1.165, 1.54) is 0 Å². The second-order valence-corrected chi connectivity index (χ2v) is 6.01. The van der Waals surface area contributed by atoms with Gasteiger partial charge in [-0.2, -0.15) is 4.98 Å². The highest BCUT2D eigenvalue weighted by Crippen LogP contribution is 2.33. The lowest BCUT2D eigenvalue weighted by atomic mass is 9.99. The summed E-state index contributed by atoms with van der Waals surface area (Å²) >= 11 is 6.19. The van der Waals surface area contributed by atoms with Crippen LogP contribution in [0.5, 0.6) is 0 Å². The lowest BCUT2D eigenvalue weighted by Crippen LogP contribution is -2.29. The number of allylic oxidation sites excluding steroid dienone is 1. The monoisotopic (exact) mass is 281 g/mol. The van der Waals surface area contributed by atoms with E-state index in [0.717, 1.165) is 55.0 Å². The molecule has 0 radical (unpaired) electrons. The van der Waals surface area contributed by atoms with Crippen LogP contribution in [0.3, 0.4) is 0 Å². The molecule has 4 nitrogen and oxygen atoms in total. The van der Waals surface area contributed by atoms with Crippen LogP contribution in [0, 0.1) is 5.92 Å². The summed E-state index contributed by atoms with van der Waals surface area (Å²) < 4.78 is 5.94. The molecule has 1 aromatic rings. The number of nitrogens with one attached hydrogen (secondary N) is 1. The average molecular weight is 282 g/mol. The van der Waals surface area contributed by atoms with Crippen molar-refractivity contribution in [3.8, 4) is 0 Å². The molecule has 104 valence electrons. The fourth-order valence-corrected chi connectivity index (χ4v) is 2.77. The Balaban J connectivity index is 1.82. The summed E-state index contributed by atoms with van der Waals surface area (Å²) in [6.45, 7) is 7.23. The van der Waals surface area contributed by atoms with Gasteiger partial charge in [0.15, 0.2) is 0 Å². The quantitative estimate of drug-likeness (QED) is 0.859. The molecule has 19 heavy (non-hydrogen) atoms. The summed E-state index contributed by atoms with van der Waals surface area (Å²) in [5, 5.41) is 4.35. The van der Waals surface area contributed by atoms with E-state index in [2.05, 4.69) is 29.0 Å². The summed E-state index contributed by atoms with van der Waals surface area (Å²) in [5.41, 5.74) is 0.906. The maximum Gasteiger partial charge on any atom is 0.298 e. The number of hydrogen-bond acceptors (Lipinski definition) is 4. The first-order chi connectivity index (χ1) is 9.13. The van der Waals surface area contributed by atoms with Crippen LogP contribution in [0.2, 0.25) is 0 Å². The van der Waals surface area contributed by atoms with Crippen molar-refractivity contribution in [1.29, 1.82) is 0 Å². The van der Waals surface area contributed by atoms with Gasteiger partial charge >= 0.3 is 0 Å². The van der Waals surface area contributed by atoms with E-state index >= 15 is 0 Å². The number of oxazole rings is 1. The standard InChI is InChI=1S/C14H20ClN3O/c1-9-7-13-12(8-11(9)15)17-14(19-13)18-5-3-10(2)16-4-6-18/h8-10,16H,3-7H2,1-2H3. The summed E-state index contributed by atoms with van der Waals surface area (Å²) in [5.74, 6) is 1.30. The second kappa shape index (κ2) is 5.17. The SMILES string of the molecule is CC1CCN(c2nc3c(o2)CC(C)C(Cl)=C3)CCN1. The minimum Gasteiger partial charge on any atom is -0.428 e. The van der Waals surface area contributed by atoms with Crippen molar-refractivity contribution < 1.29 is 4.42 Å². The highest BCUT2D eigenvalue weighted by Gasteiger charge is 2.24. The fourth-order valence-electron chi connectivity index (χ4n) is 2.59. The van der Waals surface area contributed by atoms with Crippen LogP contribution < -0.4 is 10.2 Å². The number of nitrogens with zero attached hydrogens (tertiary/aromatic N) is 2. The molecule has 3 rings (SSSR count). The van der Waals surface area contributed by atoms with E-state index in [4.69, 9.17) is 16.0 Å². The molecule has 1 fully saturated rings. The molecule has 2 heterocycles. The largest absolute Gasteiger partial charge is 0.428 e. The van der Waals surface area contributed by atoms with Gasteiger partial charge in [-0.05, 0) is 25.3 Å². The zero-order valence-electron chi connectivity index (χ0n) is 11.4. The lowest BCUT2D eigenvalue weighted by Gasteiger charge is -2.17. The number of aromatic nitrogens is 1. The Morgan fingerprint density at radius 3 is 3.11 bits per heavy atom. The Labute approximate surface area is 118 Å². The normalized spacial score (nSPS) is 27.7. The van der Waals surface area contributed by atoms with Gasteiger partial charge in [-0.15, -0.1) is 0 Å². The van der Waals surface area contributed by atoms with E-state index < -0.39 is 0 Å². The summed E-state index contributed by atoms with van der Waals surface area (Å²) in [6.07, 6.45) is 3.90. The van der Waals surface area contributed by atoms with E-state index in [-0.39, 0.29) is 0 Å². The Kier molecular flexibility index (Phi) is 3.54. The first-order valence-corrected chi connectivity index (χ1v) is 7.36. The Morgan fingerprint density at radius 2 is 2.26 bits per heavy atom. The van der Waals surface area contributed by atoms with E-state index in [1.54, 1.807) is 0 Å². The molecule has 0 aromatic carbocycles. The zero-order valence-corrected chi connectivity index (χ0v) is 12.2. The first-order valence-electron chi connectivity index (χ1n) is 6.98. The third-order valence-corrected chi connectivity index (χ3v) is 4.41. The number of fused-ring (bicyclic) bond motifs is 1. The van der Waals surface area contributed by atoms with Crippen LogP contribution in [-0.2, 0) is 6.42 Å². The molecule has 2 aliphatic rings. The highest BCUT2D eigenvalue weighted by atomic mass is 35.5. The number of halogens is 1. The van der Waals surface area contributed by atoms with Gasteiger partial charge in [0.2, 0.25) is 0 Å². The molecule has 0 bridgehead atoms. The molecule has 2 atom stereocenters. The van der Waals surface area contributed by atoms with Gasteiger partial charge in [0.1, 0.15) is 11.5 Å². The van der Waals surface area contributed by atoms with Crippen molar-refractivity contribution in [1.82, 2.24) is 10.3 Å². The average Bonchev–Trinajstić information content (AvgIpc) is 2.63. The molecular formula is C14H20ClN3O. The summed E-state index contributed by atoms with van der Waals surface area (Å²) in [6, 6.07) is 1.31. The molecule has 1 N–H and O–H groups in total. The molecule has 0 spiro atoms. The van der Waals surface area contributed by atoms with Crippen molar-refractivity contribution >= 4 is 23.7 Å². The van der Waals surface area contributed by atoms with Crippen molar-refractivity contribution in [3.63, 3.8) is 0 Å². The number of hydrogen-bond donors (Lipinski definition) is 1. The molecule has 0 amide bonds. The third-order valence-electron chi connectivity index (χ3n) is 3.93. The van der Waals surface area contributed by atoms with Crippen LogP contribution in [0.4, 0.5) is 6.01 Å². The first kappa shape index (κ1) is 13.0. The van der Waals surface area contributed by atoms with Crippen molar-refractivity contribution in [2.24, 2.45) is 5.92 Å². The maximum absolute atomic E-state index is 6.19. The smallest absolute Gasteiger partial charge is 0.298 e. The predicted molar refractivity (Wildman–Crippen MR) is 77.5 cm³/mol. The topological polar surface area (TPSA) is 41.3 Å². The van der Waals surface area contributed by atoms with Crippen LogP contribution in [0.15, 0.2) is 9.45 Å². The van der Waals surface area contributed by atoms with Gasteiger partial charge in [0.25, 0.3) is 6.01 Å². The fraction of sp³-hybridized carbons (Fsp3) is 0.643. The van der Waals surface area contributed by atoms with Gasteiger partial charge in [-0.3, -0.25) is 0 Å². The molecule has 2 unspecified atom stereocenters. The third kappa shape index (κ3) is 2.65. The molecule has 1 saturated heterocycles. The lowest BCUT2D eigenvalue weighted by molar-refractivity contribution is 0.469. The van der Waals surface area contributed by atoms with Crippen molar-refractivity contribution in [3.05, 3.63) is 16.5 Å². The molecule has 5 heteroatoms. The minimum absolute atomic E-state index is 0.334. The van der Waals surface area contributed by atoms with Crippen molar-refractivity contribution in [2.45, 2.75) is 32.7 Å². The number of rotatable bonds is 1. The van der Waals surface area contributed by atoms with E-state index in [0.29, 0.717) is 12.0 Å². The Bertz CT molecular complexity index is 497. The van der Waals surface area contributed by atoms with Crippen LogP contribution in [0.1, 0.15) is 31.7 Å².